The van der Waals surface area contributed by atoms with Crippen LogP contribution in [0, 0.1) is 0 Å². The van der Waals surface area contributed by atoms with Gasteiger partial charge in [-0.25, -0.2) is 4.98 Å². The first-order valence-corrected chi connectivity index (χ1v) is 6.37. The zero-order valence-electron chi connectivity index (χ0n) is 10.6. The minimum Gasteiger partial charge on any atom is -0.384 e. The Kier molecular flexibility index (Phi) is 3.11. The van der Waals surface area contributed by atoms with Crippen LogP contribution in [0.5, 0.6) is 0 Å². The molecule has 0 saturated carbocycles. The second-order valence-electron chi connectivity index (χ2n) is 4.57. The molecule has 0 saturated heterocycles. The molecule has 2 aromatic heterocycles. The fourth-order valence-corrected chi connectivity index (χ4v) is 2.24. The van der Waals surface area contributed by atoms with Crippen LogP contribution < -0.4 is 5.73 Å². The topological polar surface area (TPSA) is 51.8 Å². The highest BCUT2D eigenvalue weighted by Crippen LogP contribution is 2.28. The number of nitrogen functional groups attached to an aromatic ring is 1. The highest BCUT2D eigenvalue weighted by atomic mass is 14.8. The number of aromatic nitrogens is 2. The summed E-state index contributed by atoms with van der Waals surface area (Å²) < 4.78 is 0. The number of hydrogen-bond donors (Lipinski definition) is 1. The Morgan fingerprint density at radius 2 is 2.11 bits per heavy atom. The zero-order chi connectivity index (χ0) is 13.1. The smallest absolute Gasteiger partial charge is 0.124 e. The number of pyridine rings is 2. The monoisotopic (exact) mass is 249 g/mol. The molecule has 0 spiro atoms. The normalized spacial score (nSPS) is 14.2. The zero-order valence-corrected chi connectivity index (χ0v) is 10.6. The minimum absolute atomic E-state index is 0.548. The van der Waals surface area contributed by atoms with E-state index in [1.165, 1.54) is 5.57 Å². The van der Waals surface area contributed by atoms with Gasteiger partial charge in [-0.2, -0.15) is 0 Å². The maximum Gasteiger partial charge on any atom is 0.124 e. The van der Waals surface area contributed by atoms with Crippen molar-refractivity contribution in [2.24, 2.45) is 0 Å². The molecule has 0 aromatic carbocycles. The Morgan fingerprint density at radius 3 is 2.84 bits per heavy atom. The van der Waals surface area contributed by atoms with Crippen LogP contribution in [0.25, 0.3) is 16.8 Å². The van der Waals surface area contributed by atoms with E-state index in [1.807, 2.05) is 18.2 Å². The Hall–Kier alpha value is -2.42. The molecule has 0 unspecified atom stereocenters. The third-order valence-electron chi connectivity index (χ3n) is 3.19. The molecule has 2 aromatic rings. The molecule has 19 heavy (non-hydrogen) atoms. The van der Waals surface area contributed by atoms with Crippen LogP contribution in [0.15, 0.2) is 54.9 Å². The Balaban J connectivity index is 2.06. The largest absolute Gasteiger partial charge is 0.384 e. The van der Waals surface area contributed by atoms with Crippen molar-refractivity contribution in [1.82, 2.24) is 9.97 Å². The molecular formula is C16H15N3. The van der Waals surface area contributed by atoms with Crippen molar-refractivity contribution in [3.05, 3.63) is 60.5 Å². The van der Waals surface area contributed by atoms with Gasteiger partial charge in [0.1, 0.15) is 5.82 Å². The number of nitrogens with zero attached hydrogens (tertiary/aromatic N) is 2. The molecule has 1 aliphatic rings. The second kappa shape index (κ2) is 5.06. The quantitative estimate of drug-likeness (QED) is 0.886. The standard InChI is InChI=1S/C16H15N3/c17-16-10-14(12-5-2-1-3-6-12)9-15(19-16)13-7-4-8-18-11-13/h1-2,4-5,7-11H,3,6H2,(H2,17,19). The molecule has 1 aliphatic carbocycles. The lowest BCUT2D eigenvalue weighted by Gasteiger charge is -2.11. The van der Waals surface area contributed by atoms with Crippen molar-refractivity contribution < 1.29 is 0 Å². The fourth-order valence-electron chi connectivity index (χ4n) is 2.24. The molecular weight excluding hydrogens is 234 g/mol. The van der Waals surface area contributed by atoms with Crippen LogP contribution in [0.4, 0.5) is 5.82 Å². The minimum atomic E-state index is 0.548. The van der Waals surface area contributed by atoms with Crippen molar-refractivity contribution >= 4 is 11.4 Å². The summed E-state index contributed by atoms with van der Waals surface area (Å²) in [4.78, 5) is 8.52. The van der Waals surface area contributed by atoms with Crippen LogP contribution in [-0.2, 0) is 0 Å². The molecule has 3 rings (SSSR count). The van der Waals surface area contributed by atoms with E-state index in [1.54, 1.807) is 12.4 Å². The van der Waals surface area contributed by atoms with E-state index in [0.29, 0.717) is 5.82 Å². The summed E-state index contributed by atoms with van der Waals surface area (Å²) in [6.45, 7) is 0. The van der Waals surface area contributed by atoms with Gasteiger partial charge in [0, 0.05) is 18.0 Å². The molecule has 3 heteroatoms. The first-order valence-electron chi connectivity index (χ1n) is 6.37. The van der Waals surface area contributed by atoms with Gasteiger partial charge < -0.3 is 5.73 Å². The molecule has 2 N–H and O–H groups in total. The summed E-state index contributed by atoms with van der Waals surface area (Å²) in [7, 11) is 0. The molecule has 3 nitrogen and oxygen atoms in total. The van der Waals surface area contributed by atoms with E-state index in [-0.39, 0.29) is 0 Å². The molecule has 0 atom stereocenters. The van der Waals surface area contributed by atoms with E-state index in [0.717, 1.165) is 29.7 Å². The Morgan fingerprint density at radius 1 is 1.16 bits per heavy atom. The van der Waals surface area contributed by atoms with Gasteiger partial charge >= 0.3 is 0 Å². The van der Waals surface area contributed by atoms with Crippen molar-refractivity contribution in [3.63, 3.8) is 0 Å². The summed E-state index contributed by atoms with van der Waals surface area (Å²) in [6.07, 6.45) is 12.1. The molecule has 0 bridgehead atoms. The Bertz CT molecular complexity index is 642. The third kappa shape index (κ3) is 2.55. The van der Waals surface area contributed by atoms with Crippen LogP contribution in [0.3, 0.4) is 0 Å². The van der Waals surface area contributed by atoms with Crippen LogP contribution in [0.1, 0.15) is 18.4 Å². The fraction of sp³-hybridized carbons (Fsp3) is 0.125. The maximum absolute atomic E-state index is 5.93. The lowest BCUT2D eigenvalue weighted by molar-refractivity contribution is 1.05. The predicted octanol–water partition coefficient (Wildman–Crippen LogP) is 3.46. The van der Waals surface area contributed by atoms with Crippen molar-refractivity contribution in [2.75, 3.05) is 5.73 Å². The number of hydrogen-bond acceptors (Lipinski definition) is 3. The lowest BCUT2D eigenvalue weighted by Crippen LogP contribution is -1.97. The van der Waals surface area contributed by atoms with E-state index >= 15 is 0 Å². The summed E-state index contributed by atoms with van der Waals surface area (Å²) >= 11 is 0. The summed E-state index contributed by atoms with van der Waals surface area (Å²) in [6, 6.07) is 7.92. The van der Waals surface area contributed by atoms with Gasteiger partial charge in [0.05, 0.1) is 5.69 Å². The van der Waals surface area contributed by atoms with Crippen LogP contribution in [0.2, 0.25) is 0 Å². The average Bonchev–Trinajstić information content (AvgIpc) is 2.48. The molecule has 2 heterocycles. The Labute approximate surface area is 112 Å². The molecule has 0 fully saturated rings. The van der Waals surface area contributed by atoms with Gasteiger partial charge in [0.2, 0.25) is 0 Å². The van der Waals surface area contributed by atoms with E-state index in [4.69, 9.17) is 5.73 Å². The highest BCUT2D eigenvalue weighted by molar-refractivity contribution is 5.74. The highest BCUT2D eigenvalue weighted by Gasteiger charge is 2.08. The number of nitrogens with two attached hydrogens (primary N) is 1. The van der Waals surface area contributed by atoms with Crippen molar-refractivity contribution in [1.29, 1.82) is 0 Å². The van der Waals surface area contributed by atoms with Gasteiger partial charge in [-0.05, 0) is 48.2 Å². The van der Waals surface area contributed by atoms with Gasteiger partial charge in [0.15, 0.2) is 0 Å². The number of rotatable bonds is 2. The van der Waals surface area contributed by atoms with Gasteiger partial charge in [-0.15, -0.1) is 0 Å². The first kappa shape index (κ1) is 11.7. The van der Waals surface area contributed by atoms with Crippen LogP contribution >= 0.6 is 0 Å². The molecule has 0 aliphatic heterocycles. The molecule has 0 radical (unpaired) electrons. The summed E-state index contributed by atoms with van der Waals surface area (Å²) in [5, 5.41) is 0. The van der Waals surface area contributed by atoms with E-state index in [2.05, 4.69) is 34.3 Å². The van der Waals surface area contributed by atoms with Gasteiger partial charge in [-0.3, -0.25) is 4.98 Å². The number of allylic oxidation sites excluding steroid dienone is 4. The molecule has 94 valence electrons. The van der Waals surface area contributed by atoms with E-state index < -0.39 is 0 Å². The predicted molar refractivity (Wildman–Crippen MR) is 78.2 cm³/mol. The van der Waals surface area contributed by atoms with Gasteiger partial charge in [-0.1, -0.05) is 18.2 Å². The second-order valence-corrected chi connectivity index (χ2v) is 4.57. The molecule has 0 amide bonds. The van der Waals surface area contributed by atoms with E-state index in [9.17, 15) is 0 Å². The van der Waals surface area contributed by atoms with Crippen molar-refractivity contribution in [3.8, 4) is 11.3 Å². The summed E-state index contributed by atoms with van der Waals surface area (Å²) in [5.74, 6) is 0.548. The average molecular weight is 249 g/mol. The SMILES string of the molecule is Nc1cc(C2=CC=CCC2)cc(-c2cccnc2)n1. The maximum atomic E-state index is 5.93. The number of anilines is 1. The van der Waals surface area contributed by atoms with Gasteiger partial charge in [0.25, 0.3) is 0 Å². The third-order valence-corrected chi connectivity index (χ3v) is 3.19. The van der Waals surface area contributed by atoms with Crippen LogP contribution in [-0.4, -0.2) is 9.97 Å². The van der Waals surface area contributed by atoms with Crippen molar-refractivity contribution in [2.45, 2.75) is 12.8 Å². The lowest BCUT2D eigenvalue weighted by atomic mass is 9.97. The summed E-state index contributed by atoms with van der Waals surface area (Å²) in [5.41, 5.74) is 10.2. The first-order chi connectivity index (χ1) is 9.33.